The molecule has 0 radical (unpaired) electrons. The third kappa shape index (κ3) is 2.71. The quantitative estimate of drug-likeness (QED) is 0.185. The number of hydrogen-bond acceptors (Lipinski definition) is 2. The number of thiophene rings is 1. The Morgan fingerprint density at radius 3 is 2.31 bits per heavy atom. The van der Waals surface area contributed by atoms with Gasteiger partial charge in [0.15, 0.2) is 0 Å². The monoisotopic (exact) mass is 552 g/mol. The molecular weight excluding hydrogens is 527 g/mol. The molecule has 42 heavy (non-hydrogen) atoms. The second-order valence-electron chi connectivity index (χ2n) is 11.8. The molecule has 2 aliphatic rings. The predicted octanol–water partition coefficient (Wildman–Crippen LogP) is 9.01. The third-order valence-electron chi connectivity index (χ3n) is 9.52. The van der Waals surface area contributed by atoms with Crippen LogP contribution in [0.25, 0.3) is 58.8 Å². The van der Waals surface area contributed by atoms with Crippen molar-refractivity contribution in [2.24, 2.45) is 0 Å². The number of para-hydroxylation sites is 3. The number of anilines is 2. The van der Waals surface area contributed by atoms with Crippen molar-refractivity contribution in [3.63, 3.8) is 0 Å². The zero-order valence-corrected chi connectivity index (χ0v) is 24.2. The van der Waals surface area contributed by atoms with E-state index in [1.807, 2.05) is 11.3 Å². The minimum atomic E-state index is 0.0621. The zero-order chi connectivity index (χ0) is 27.7. The van der Waals surface area contributed by atoms with Gasteiger partial charge in [-0.05, 0) is 77.9 Å². The molecule has 0 fully saturated rings. The van der Waals surface area contributed by atoms with Gasteiger partial charge in [-0.3, -0.25) is 0 Å². The second kappa shape index (κ2) is 7.93. The molecule has 6 aromatic carbocycles. The van der Waals surface area contributed by atoms with Crippen molar-refractivity contribution >= 4 is 82.5 Å². The van der Waals surface area contributed by atoms with Crippen LogP contribution in [0.2, 0.25) is 0 Å². The molecule has 0 N–H and O–H groups in total. The van der Waals surface area contributed by atoms with Crippen molar-refractivity contribution in [3.8, 4) is 16.8 Å². The molecular formula is C38H25BN2S. The Morgan fingerprint density at radius 2 is 1.40 bits per heavy atom. The van der Waals surface area contributed by atoms with Gasteiger partial charge in [0.2, 0.25) is 0 Å². The Balaban J connectivity index is 1.46. The van der Waals surface area contributed by atoms with Crippen molar-refractivity contribution < 1.29 is 0 Å². The first kappa shape index (κ1) is 22.8. The zero-order valence-electron chi connectivity index (χ0n) is 23.3. The van der Waals surface area contributed by atoms with Crippen molar-refractivity contribution in [2.75, 3.05) is 4.81 Å². The number of aryl methyl sites for hydroxylation is 2. The number of nitrogens with zero attached hydrogens (tertiary/aromatic N) is 2. The summed E-state index contributed by atoms with van der Waals surface area (Å²) in [5, 5.41) is 5.36. The van der Waals surface area contributed by atoms with Gasteiger partial charge in [-0.15, -0.1) is 11.3 Å². The average Bonchev–Trinajstić information content (AvgIpc) is 3.56. The summed E-state index contributed by atoms with van der Waals surface area (Å²) in [6.45, 7) is 4.57. The molecule has 2 nitrogen and oxygen atoms in total. The standard InChI is InChI=1S/C38H25BN2S/c1-22-20-27-35-31(18-19-34-36(35)26-12-5-8-17-33(26)42-34)41(29-15-6-3-10-23(29)2)39-28-14-9-13-25-24-11-4-7-16-30(24)40(38(25)28)32(21-22)37(27)39/h3-21H,1-2H3. The van der Waals surface area contributed by atoms with Crippen LogP contribution in [0.4, 0.5) is 11.4 Å². The Kier molecular flexibility index (Phi) is 4.32. The fraction of sp³-hybridized carbons (Fsp3) is 0.0526. The first-order chi connectivity index (χ1) is 20.7. The highest BCUT2D eigenvalue weighted by molar-refractivity contribution is 7.26. The first-order valence-corrected chi connectivity index (χ1v) is 15.5. The Morgan fingerprint density at radius 1 is 0.619 bits per heavy atom. The minimum absolute atomic E-state index is 0.0621. The summed E-state index contributed by atoms with van der Waals surface area (Å²) >= 11 is 1.90. The molecule has 4 heteroatoms. The summed E-state index contributed by atoms with van der Waals surface area (Å²) in [5.41, 5.74) is 14.5. The van der Waals surface area contributed by atoms with Crippen LogP contribution in [-0.2, 0) is 0 Å². The van der Waals surface area contributed by atoms with Crippen LogP contribution in [0, 0.1) is 13.8 Å². The van der Waals surface area contributed by atoms with Crippen LogP contribution in [-0.4, -0.2) is 11.4 Å². The van der Waals surface area contributed by atoms with E-state index in [1.54, 1.807) is 0 Å². The molecule has 8 aromatic rings. The Bertz CT molecular complexity index is 2460. The molecule has 0 atom stereocenters. The van der Waals surface area contributed by atoms with E-state index in [9.17, 15) is 0 Å². The smallest absolute Gasteiger partial charge is 0.333 e. The molecule has 0 amide bonds. The van der Waals surface area contributed by atoms with E-state index >= 15 is 0 Å². The topological polar surface area (TPSA) is 8.17 Å². The van der Waals surface area contributed by atoms with Gasteiger partial charge < -0.3 is 9.38 Å². The van der Waals surface area contributed by atoms with Crippen molar-refractivity contribution in [1.29, 1.82) is 0 Å². The van der Waals surface area contributed by atoms with E-state index in [0.717, 1.165) is 0 Å². The van der Waals surface area contributed by atoms with E-state index in [-0.39, 0.29) is 6.85 Å². The fourth-order valence-electron chi connectivity index (χ4n) is 7.92. The van der Waals surface area contributed by atoms with Gasteiger partial charge in [0, 0.05) is 53.6 Å². The molecule has 196 valence electrons. The van der Waals surface area contributed by atoms with Crippen LogP contribution in [0.5, 0.6) is 0 Å². The molecule has 0 bridgehead atoms. The predicted molar refractivity (Wildman–Crippen MR) is 182 cm³/mol. The molecule has 0 aliphatic carbocycles. The Hall–Kier alpha value is -4.80. The van der Waals surface area contributed by atoms with Crippen molar-refractivity contribution in [2.45, 2.75) is 13.8 Å². The van der Waals surface area contributed by atoms with Crippen molar-refractivity contribution in [1.82, 2.24) is 4.57 Å². The summed E-state index contributed by atoms with van der Waals surface area (Å²) in [4.78, 5) is 2.65. The van der Waals surface area contributed by atoms with E-state index < -0.39 is 0 Å². The van der Waals surface area contributed by atoms with Gasteiger partial charge in [-0.1, -0.05) is 78.9 Å². The number of fused-ring (bicyclic) bond motifs is 11. The van der Waals surface area contributed by atoms with Gasteiger partial charge in [0.05, 0.1) is 11.0 Å². The highest BCUT2D eigenvalue weighted by Crippen LogP contribution is 2.50. The summed E-state index contributed by atoms with van der Waals surface area (Å²) in [6.07, 6.45) is 0. The van der Waals surface area contributed by atoms with E-state index in [4.69, 9.17) is 0 Å². The summed E-state index contributed by atoms with van der Waals surface area (Å²) in [5.74, 6) is 0. The van der Waals surface area contributed by atoms with Crippen LogP contribution >= 0.6 is 11.3 Å². The Labute approximate surface area is 248 Å². The number of hydrogen-bond donors (Lipinski definition) is 0. The van der Waals surface area contributed by atoms with Gasteiger partial charge in [0.25, 0.3) is 0 Å². The lowest BCUT2D eigenvalue weighted by molar-refractivity contribution is 1.17. The largest absolute Gasteiger partial charge is 0.376 e. The van der Waals surface area contributed by atoms with Crippen molar-refractivity contribution in [3.05, 3.63) is 126 Å². The molecule has 4 heterocycles. The first-order valence-electron chi connectivity index (χ1n) is 14.7. The number of rotatable bonds is 1. The van der Waals surface area contributed by atoms with Gasteiger partial charge in [-0.25, -0.2) is 0 Å². The third-order valence-corrected chi connectivity index (χ3v) is 10.7. The van der Waals surface area contributed by atoms with Crippen LogP contribution in [0.3, 0.4) is 0 Å². The van der Waals surface area contributed by atoms with Crippen LogP contribution in [0.1, 0.15) is 11.1 Å². The maximum atomic E-state index is 2.65. The molecule has 0 spiro atoms. The molecule has 0 saturated carbocycles. The lowest BCUT2D eigenvalue weighted by Crippen LogP contribution is -2.60. The lowest BCUT2D eigenvalue weighted by atomic mass is 9.43. The minimum Gasteiger partial charge on any atom is -0.376 e. The van der Waals surface area contributed by atoms with Gasteiger partial charge in [0.1, 0.15) is 0 Å². The summed E-state index contributed by atoms with van der Waals surface area (Å²) in [7, 11) is 0. The molecule has 2 aromatic heterocycles. The molecule has 0 saturated heterocycles. The number of benzene rings is 6. The van der Waals surface area contributed by atoms with Crippen LogP contribution < -0.4 is 15.7 Å². The maximum absolute atomic E-state index is 2.65. The van der Waals surface area contributed by atoms with Gasteiger partial charge in [-0.2, -0.15) is 0 Å². The molecule has 0 unspecified atom stereocenters. The van der Waals surface area contributed by atoms with E-state index in [0.29, 0.717) is 0 Å². The highest BCUT2D eigenvalue weighted by atomic mass is 32.1. The number of aromatic nitrogens is 1. The summed E-state index contributed by atoms with van der Waals surface area (Å²) < 4.78 is 5.24. The SMILES string of the molecule is Cc1cc2c3c(c1)-n1c4ccccc4c4cccc(c41)B3N(c1ccccc1C)c1ccc3sc4ccccc4c3c1-2. The summed E-state index contributed by atoms with van der Waals surface area (Å²) in [6, 6.07) is 43.2. The van der Waals surface area contributed by atoms with Gasteiger partial charge >= 0.3 is 6.85 Å². The highest BCUT2D eigenvalue weighted by Gasteiger charge is 2.44. The van der Waals surface area contributed by atoms with E-state index in [1.165, 1.54) is 92.2 Å². The van der Waals surface area contributed by atoms with E-state index in [2.05, 4.69) is 138 Å². The normalized spacial score (nSPS) is 13.4. The fourth-order valence-corrected chi connectivity index (χ4v) is 9.03. The van der Waals surface area contributed by atoms with Crippen LogP contribution in [0.15, 0.2) is 115 Å². The molecule has 2 aliphatic heterocycles. The average molecular weight is 553 g/mol. The molecule has 10 rings (SSSR count). The lowest BCUT2D eigenvalue weighted by Gasteiger charge is -2.43. The maximum Gasteiger partial charge on any atom is 0.333 e. The second-order valence-corrected chi connectivity index (χ2v) is 12.9.